The molecule has 0 aliphatic rings. The van der Waals surface area contributed by atoms with E-state index in [1.165, 1.54) is 18.6 Å². The van der Waals surface area contributed by atoms with Crippen molar-refractivity contribution in [2.75, 3.05) is 18.1 Å². The molecule has 0 fully saturated rings. The van der Waals surface area contributed by atoms with E-state index < -0.39 is 0 Å². The maximum absolute atomic E-state index is 8.50. The summed E-state index contributed by atoms with van der Waals surface area (Å²) in [5.41, 5.74) is 0. The van der Waals surface area contributed by atoms with Gasteiger partial charge in [0.2, 0.25) is 0 Å². The molecule has 0 unspecified atom stereocenters. The van der Waals surface area contributed by atoms with Crippen molar-refractivity contribution in [1.82, 2.24) is 0 Å². The zero-order valence-corrected chi connectivity index (χ0v) is 7.78. The Morgan fingerprint density at radius 3 is 2.30 bits per heavy atom. The standard InChI is InChI=1S/C8H18OS/c1-3-8(4-2)7-10-6-5-9/h8-9H,3-7H2,1-2H3. The molecule has 0 spiro atoms. The van der Waals surface area contributed by atoms with Gasteiger partial charge in [-0.1, -0.05) is 26.7 Å². The number of hydrogen-bond donors (Lipinski definition) is 1. The van der Waals surface area contributed by atoms with Crippen LogP contribution >= 0.6 is 11.8 Å². The normalized spacial score (nSPS) is 10.8. The molecular formula is C8H18OS. The Labute approximate surface area is 68.2 Å². The third-order valence-electron chi connectivity index (χ3n) is 1.74. The summed E-state index contributed by atoms with van der Waals surface area (Å²) in [6.07, 6.45) is 2.55. The Hall–Kier alpha value is 0.310. The van der Waals surface area contributed by atoms with E-state index in [2.05, 4.69) is 13.8 Å². The summed E-state index contributed by atoms with van der Waals surface area (Å²) in [7, 11) is 0. The van der Waals surface area contributed by atoms with Crippen LogP contribution in [0.3, 0.4) is 0 Å². The van der Waals surface area contributed by atoms with Gasteiger partial charge in [0.05, 0.1) is 6.61 Å². The van der Waals surface area contributed by atoms with Gasteiger partial charge in [-0.15, -0.1) is 0 Å². The Morgan fingerprint density at radius 2 is 1.90 bits per heavy atom. The maximum Gasteiger partial charge on any atom is 0.0521 e. The van der Waals surface area contributed by atoms with Crippen LogP contribution in [0.4, 0.5) is 0 Å². The van der Waals surface area contributed by atoms with Crippen molar-refractivity contribution in [3.05, 3.63) is 0 Å². The fourth-order valence-electron chi connectivity index (χ4n) is 0.839. The highest BCUT2D eigenvalue weighted by Gasteiger charge is 2.01. The molecule has 0 aromatic carbocycles. The number of rotatable bonds is 6. The highest BCUT2D eigenvalue weighted by atomic mass is 32.2. The highest BCUT2D eigenvalue weighted by Crippen LogP contribution is 2.14. The van der Waals surface area contributed by atoms with E-state index in [0.717, 1.165) is 11.7 Å². The second-order valence-corrected chi connectivity index (χ2v) is 3.63. The fourth-order valence-corrected chi connectivity index (χ4v) is 1.94. The van der Waals surface area contributed by atoms with Crippen molar-refractivity contribution >= 4 is 11.8 Å². The highest BCUT2D eigenvalue weighted by molar-refractivity contribution is 7.99. The SMILES string of the molecule is CCC(CC)CSCCO. The Bertz CT molecular complexity index is 62.3. The van der Waals surface area contributed by atoms with E-state index in [1.807, 2.05) is 11.8 Å². The van der Waals surface area contributed by atoms with Gasteiger partial charge in [0.25, 0.3) is 0 Å². The summed E-state index contributed by atoms with van der Waals surface area (Å²) >= 11 is 1.86. The third-order valence-corrected chi connectivity index (χ3v) is 2.92. The lowest BCUT2D eigenvalue weighted by Crippen LogP contribution is -2.01. The molecular weight excluding hydrogens is 144 g/mol. The summed E-state index contributed by atoms with van der Waals surface area (Å²) in [4.78, 5) is 0. The smallest absolute Gasteiger partial charge is 0.0521 e. The van der Waals surface area contributed by atoms with E-state index >= 15 is 0 Å². The van der Waals surface area contributed by atoms with Crippen LogP contribution in [0.15, 0.2) is 0 Å². The van der Waals surface area contributed by atoms with Crippen LogP contribution in [0, 0.1) is 5.92 Å². The molecule has 2 heteroatoms. The first-order chi connectivity index (χ1) is 4.85. The number of aliphatic hydroxyl groups excluding tert-OH is 1. The van der Waals surface area contributed by atoms with Crippen LogP contribution in [0.5, 0.6) is 0 Å². The van der Waals surface area contributed by atoms with Gasteiger partial charge in [0, 0.05) is 5.75 Å². The van der Waals surface area contributed by atoms with Gasteiger partial charge in [0.1, 0.15) is 0 Å². The lowest BCUT2D eigenvalue weighted by molar-refractivity contribution is 0.322. The summed E-state index contributed by atoms with van der Waals surface area (Å²) < 4.78 is 0. The molecule has 0 saturated heterocycles. The van der Waals surface area contributed by atoms with E-state index in [1.54, 1.807) is 0 Å². The minimum atomic E-state index is 0.324. The lowest BCUT2D eigenvalue weighted by Gasteiger charge is -2.09. The second kappa shape index (κ2) is 7.42. The predicted octanol–water partition coefficient (Wildman–Crippen LogP) is 2.15. The zero-order valence-electron chi connectivity index (χ0n) is 6.97. The molecule has 0 aromatic heterocycles. The van der Waals surface area contributed by atoms with Crippen molar-refractivity contribution < 1.29 is 5.11 Å². The average Bonchev–Trinajstić information content (AvgIpc) is 1.99. The van der Waals surface area contributed by atoms with Gasteiger partial charge in [-0.05, 0) is 11.7 Å². The molecule has 1 nitrogen and oxygen atoms in total. The molecule has 0 radical (unpaired) electrons. The van der Waals surface area contributed by atoms with Gasteiger partial charge in [-0.25, -0.2) is 0 Å². The summed E-state index contributed by atoms with van der Waals surface area (Å²) in [6, 6.07) is 0. The van der Waals surface area contributed by atoms with Crippen molar-refractivity contribution in [3.8, 4) is 0 Å². The van der Waals surface area contributed by atoms with Gasteiger partial charge in [-0.3, -0.25) is 0 Å². The van der Waals surface area contributed by atoms with Gasteiger partial charge >= 0.3 is 0 Å². The van der Waals surface area contributed by atoms with Crippen molar-refractivity contribution in [2.45, 2.75) is 26.7 Å². The molecule has 0 amide bonds. The quantitative estimate of drug-likeness (QED) is 0.604. The topological polar surface area (TPSA) is 20.2 Å². The summed E-state index contributed by atoms with van der Waals surface area (Å²) in [6.45, 7) is 4.78. The summed E-state index contributed by atoms with van der Waals surface area (Å²) in [5, 5.41) is 8.50. The summed E-state index contributed by atoms with van der Waals surface area (Å²) in [5.74, 6) is 2.97. The molecule has 0 aliphatic carbocycles. The zero-order chi connectivity index (χ0) is 7.82. The van der Waals surface area contributed by atoms with Crippen molar-refractivity contribution in [3.63, 3.8) is 0 Å². The molecule has 10 heavy (non-hydrogen) atoms. The molecule has 0 aromatic rings. The van der Waals surface area contributed by atoms with E-state index in [4.69, 9.17) is 5.11 Å². The lowest BCUT2D eigenvalue weighted by atomic mass is 10.1. The van der Waals surface area contributed by atoms with Crippen LogP contribution in [-0.4, -0.2) is 23.2 Å². The molecule has 0 rings (SSSR count). The van der Waals surface area contributed by atoms with E-state index in [9.17, 15) is 0 Å². The monoisotopic (exact) mass is 162 g/mol. The van der Waals surface area contributed by atoms with E-state index in [0.29, 0.717) is 6.61 Å². The second-order valence-electron chi connectivity index (χ2n) is 2.48. The molecule has 0 bridgehead atoms. The largest absolute Gasteiger partial charge is 0.396 e. The molecule has 0 saturated carbocycles. The molecule has 62 valence electrons. The predicted molar refractivity (Wildman–Crippen MR) is 48.5 cm³/mol. The van der Waals surface area contributed by atoms with Crippen LogP contribution in [0.25, 0.3) is 0 Å². The number of hydrogen-bond acceptors (Lipinski definition) is 2. The fraction of sp³-hybridized carbons (Fsp3) is 1.00. The van der Waals surface area contributed by atoms with Gasteiger partial charge in [-0.2, -0.15) is 11.8 Å². The van der Waals surface area contributed by atoms with Crippen LogP contribution in [0.1, 0.15) is 26.7 Å². The molecule has 0 aliphatic heterocycles. The maximum atomic E-state index is 8.50. The minimum absolute atomic E-state index is 0.324. The molecule has 1 N–H and O–H groups in total. The Kier molecular flexibility index (Phi) is 7.65. The van der Waals surface area contributed by atoms with Crippen LogP contribution in [0.2, 0.25) is 0 Å². The van der Waals surface area contributed by atoms with Crippen LogP contribution in [-0.2, 0) is 0 Å². The van der Waals surface area contributed by atoms with Crippen molar-refractivity contribution in [2.24, 2.45) is 5.92 Å². The first-order valence-corrected chi connectivity index (χ1v) is 5.19. The average molecular weight is 162 g/mol. The van der Waals surface area contributed by atoms with Gasteiger partial charge in [0.15, 0.2) is 0 Å². The number of thioether (sulfide) groups is 1. The van der Waals surface area contributed by atoms with Crippen molar-refractivity contribution in [1.29, 1.82) is 0 Å². The van der Waals surface area contributed by atoms with E-state index in [-0.39, 0.29) is 0 Å². The van der Waals surface area contributed by atoms with Gasteiger partial charge < -0.3 is 5.11 Å². The minimum Gasteiger partial charge on any atom is -0.396 e. The number of aliphatic hydroxyl groups is 1. The Balaban J connectivity index is 3.09. The molecule has 0 atom stereocenters. The van der Waals surface area contributed by atoms with Crippen LogP contribution < -0.4 is 0 Å². The first kappa shape index (κ1) is 10.3. The third kappa shape index (κ3) is 5.12. The Morgan fingerprint density at radius 1 is 1.30 bits per heavy atom. The first-order valence-electron chi connectivity index (χ1n) is 4.03. The molecule has 0 heterocycles.